The molecule has 2 aliphatic rings. The molecule has 4 heteroatoms. The Hall–Kier alpha value is -2.07. The second-order valence-corrected chi connectivity index (χ2v) is 6.73. The summed E-state index contributed by atoms with van der Waals surface area (Å²) in [5.41, 5.74) is 3.13. The maximum Gasteiger partial charge on any atom is 0.188 e. The van der Waals surface area contributed by atoms with Crippen LogP contribution in [0.4, 0.5) is 5.69 Å². The van der Waals surface area contributed by atoms with E-state index >= 15 is 0 Å². The normalized spacial score (nSPS) is 25.4. The van der Waals surface area contributed by atoms with E-state index in [2.05, 4.69) is 54.4 Å². The summed E-state index contributed by atoms with van der Waals surface area (Å²) in [5.74, 6) is 0.945. The van der Waals surface area contributed by atoms with Gasteiger partial charge >= 0.3 is 0 Å². The average Bonchev–Trinajstić information content (AvgIpc) is 2.54. The fraction of sp³-hybridized carbons (Fsp3) is 0.316. The fourth-order valence-electron chi connectivity index (χ4n) is 3.71. The van der Waals surface area contributed by atoms with Crippen LogP contribution in [0.5, 0.6) is 5.75 Å². The lowest BCUT2D eigenvalue weighted by atomic mass is 9.90. The molecule has 0 saturated carbocycles. The standard InChI is InChI=1S/C19H20N2OS/c1-3-13-8-4-6-10-16(13)21-18(23)20-15-12-19(21,2)22-17-11-7-5-9-14(15)17/h4-11,15H,3,12H2,1-2H3,(H,20,23). The Labute approximate surface area is 142 Å². The van der Waals surface area contributed by atoms with Crippen LogP contribution in [0.3, 0.4) is 0 Å². The number of aryl methyl sites for hydroxylation is 1. The van der Waals surface area contributed by atoms with Crippen LogP contribution >= 0.6 is 12.2 Å². The molecule has 4 rings (SSSR count). The number of thiocarbonyl (C=S) groups is 1. The number of hydrogen-bond acceptors (Lipinski definition) is 2. The summed E-state index contributed by atoms with van der Waals surface area (Å²) in [5, 5.41) is 4.24. The van der Waals surface area contributed by atoms with E-state index in [9.17, 15) is 0 Å². The Morgan fingerprint density at radius 1 is 1.22 bits per heavy atom. The van der Waals surface area contributed by atoms with E-state index in [1.54, 1.807) is 0 Å². The molecule has 2 aliphatic heterocycles. The number of para-hydroxylation sites is 2. The Kier molecular flexibility index (Phi) is 3.31. The van der Waals surface area contributed by atoms with Crippen molar-refractivity contribution in [3.63, 3.8) is 0 Å². The molecule has 2 unspecified atom stereocenters. The first-order valence-corrected chi connectivity index (χ1v) is 8.50. The van der Waals surface area contributed by atoms with Gasteiger partial charge in [-0.1, -0.05) is 43.3 Å². The van der Waals surface area contributed by atoms with Crippen molar-refractivity contribution in [1.29, 1.82) is 0 Å². The minimum Gasteiger partial charge on any atom is -0.467 e. The van der Waals surface area contributed by atoms with E-state index in [1.807, 2.05) is 18.2 Å². The predicted molar refractivity (Wildman–Crippen MR) is 96.9 cm³/mol. The summed E-state index contributed by atoms with van der Waals surface area (Å²) in [7, 11) is 0. The van der Waals surface area contributed by atoms with Crippen molar-refractivity contribution in [3.8, 4) is 5.75 Å². The van der Waals surface area contributed by atoms with Gasteiger partial charge in [0.25, 0.3) is 0 Å². The molecule has 118 valence electrons. The number of fused-ring (bicyclic) bond motifs is 4. The number of rotatable bonds is 2. The van der Waals surface area contributed by atoms with Crippen molar-refractivity contribution in [1.82, 2.24) is 5.32 Å². The molecule has 2 aromatic rings. The maximum absolute atomic E-state index is 6.43. The Bertz CT molecular complexity index is 775. The van der Waals surface area contributed by atoms with Gasteiger partial charge in [0.1, 0.15) is 5.75 Å². The number of benzene rings is 2. The molecule has 2 atom stereocenters. The number of ether oxygens (including phenoxy) is 1. The molecular formula is C19H20N2OS. The smallest absolute Gasteiger partial charge is 0.188 e. The lowest BCUT2D eigenvalue weighted by Gasteiger charge is -2.52. The highest BCUT2D eigenvalue weighted by Crippen LogP contribution is 2.45. The van der Waals surface area contributed by atoms with Crippen LogP contribution in [-0.2, 0) is 6.42 Å². The molecule has 0 amide bonds. The van der Waals surface area contributed by atoms with Crippen LogP contribution < -0.4 is 15.0 Å². The molecule has 2 aromatic carbocycles. The first kappa shape index (κ1) is 14.5. The van der Waals surface area contributed by atoms with Crippen LogP contribution in [-0.4, -0.2) is 10.8 Å². The van der Waals surface area contributed by atoms with E-state index in [-0.39, 0.29) is 6.04 Å². The molecule has 1 fully saturated rings. The van der Waals surface area contributed by atoms with Crippen molar-refractivity contribution >= 4 is 23.0 Å². The Morgan fingerprint density at radius 3 is 2.78 bits per heavy atom. The number of hydrogen-bond donors (Lipinski definition) is 1. The van der Waals surface area contributed by atoms with Gasteiger partial charge in [-0.25, -0.2) is 0 Å². The quantitative estimate of drug-likeness (QED) is 0.838. The highest BCUT2D eigenvalue weighted by atomic mass is 32.1. The highest BCUT2D eigenvalue weighted by Gasteiger charge is 2.48. The Balaban J connectivity index is 1.83. The average molecular weight is 324 g/mol. The lowest BCUT2D eigenvalue weighted by molar-refractivity contribution is 0.0496. The molecule has 2 heterocycles. The zero-order valence-electron chi connectivity index (χ0n) is 13.4. The van der Waals surface area contributed by atoms with Crippen molar-refractivity contribution in [2.75, 3.05) is 4.90 Å². The molecule has 3 nitrogen and oxygen atoms in total. The van der Waals surface area contributed by atoms with Gasteiger partial charge in [0.15, 0.2) is 10.8 Å². The molecule has 23 heavy (non-hydrogen) atoms. The molecule has 0 aromatic heterocycles. The van der Waals surface area contributed by atoms with Crippen LogP contribution in [0.15, 0.2) is 48.5 Å². The molecule has 1 saturated heterocycles. The van der Waals surface area contributed by atoms with Gasteiger partial charge < -0.3 is 10.1 Å². The van der Waals surface area contributed by atoms with Gasteiger partial charge in [-0.05, 0) is 43.3 Å². The van der Waals surface area contributed by atoms with E-state index in [4.69, 9.17) is 17.0 Å². The summed E-state index contributed by atoms with van der Waals surface area (Å²) in [6.07, 6.45) is 1.83. The summed E-state index contributed by atoms with van der Waals surface area (Å²) < 4.78 is 6.43. The van der Waals surface area contributed by atoms with Crippen molar-refractivity contribution in [2.24, 2.45) is 0 Å². The summed E-state index contributed by atoms with van der Waals surface area (Å²) >= 11 is 5.71. The van der Waals surface area contributed by atoms with Gasteiger partial charge in [0.05, 0.1) is 11.7 Å². The van der Waals surface area contributed by atoms with E-state index < -0.39 is 5.72 Å². The van der Waals surface area contributed by atoms with Crippen molar-refractivity contribution < 1.29 is 4.74 Å². The number of nitrogens with one attached hydrogen (secondary N) is 1. The molecule has 0 spiro atoms. The van der Waals surface area contributed by atoms with Gasteiger partial charge in [0.2, 0.25) is 0 Å². The third kappa shape index (κ3) is 2.20. The minimum absolute atomic E-state index is 0.211. The van der Waals surface area contributed by atoms with Gasteiger partial charge in [0, 0.05) is 12.0 Å². The van der Waals surface area contributed by atoms with Crippen LogP contribution in [0.2, 0.25) is 0 Å². The van der Waals surface area contributed by atoms with Gasteiger partial charge in [-0.15, -0.1) is 0 Å². The first-order chi connectivity index (χ1) is 11.1. The summed E-state index contributed by atoms with van der Waals surface area (Å²) in [4.78, 5) is 2.15. The second-order valence-electron chi connectivity index (χ2n) is 6.34. The fourth-order valence-corrected chi connectivity index (χ4v) is 4.15. The molecule has 0 aliphatic carbocycles. The molecule has 2 bridgehead atoms. The molecule has 1 N–H and O–H groups in total. The van der Waals surface area contributed by atoms with Gasteiger partial charge in [-0.2, -0.15) is 0 Å². The zero-order valence-corrected chi connectivity index (χ0v) is 14.2. The monoisotopic (exact) mass is 324 g/mol. The number of anilines is 1. The second kappa shape index (κ2) is 5.24. The van der Waals surface area contributed by atoms with E-state index in [0.29, 0.717) is 0 Å². The van der Waals surface area contributed by atoms with E-state index in [0.717, 1.165) is 29.4 Å². The van der Waals surface area contributed by atoms with Crippen molar-refractivity contribution in [2.45, 2.75) is 38.5 Å². The first-order valence-electron chi connectivity index (χ1n) is 8.09. The third-order valence-corrected chi connectivity index (χ3v) is 5.09. The Morgan fingerprint density at radius 2 is 1.96 bits per heavy atom. The van der Waals surface area contributed by atoms with Crippen LogP contribution in [0.25, 0.3) is 0 Å². The number of nitrogens with zero attached hydrogens (tertiary/aromatic N) is 1. The van der Waals surface area contributed by atoms with Crippen LogP contribution in [0.1, 0.15) is 37.4 Å². The minimum atomic E-state index is -0.466. The van der Waals surface area contributed by atoms with Crippen LogP contribution in [0, 0.1) is 0 Å². The van der Waals surface area contributed by atoms with E-state index in [1.165, 1.54) is 11.1 Å². The predicted octanol–water partition coefficient (Wildman–Crippen LogP) is 4.18. The summed E-state index contributed by atoms with van der Waals surface area (Å²) in [6.45, 7) is 4.30. The molecule has 0 radical (unpaired) electrons. The van der Waals surface area contributed by atoms with Gasteiger partial charge in [-0.3, -0.25) is 4.90 Å². The largest absolute Gasteiger partial charge is 0.467 e. The SMILES string of the molecule is CCc1ccccc1N1C(=S)NC2CC1(C)Oc1ccccc12. The topological polar surface area (TPSA) is 24.5 Å². The van der Waals surface area contributed by atoms with Crippen molar-refractivity contribution in [3.05, 3.63) is 59.7 Å². The zero-order chi connectivity index (χ0) is 16.0. The third-order valence-electron chi connectivity index (χ3n) is 4.79. The summed E-state index contributed by atoms with van der Waals surface area (Å²) in [6, 6.07) is 16.9. The lowest BCUT2D eigenvalue weighted by Crippen LogP contribution is -2.65. The maximum atomic E-state index is 6.43. The highest BCUT2D eigenvalue weighted by molar-refractivity contribution is 7.80. The molecular weight excluding hydrogens is 304 g/mol.